The van der Waals surface area contributed by atoms with Crippen molar-refractivity contribution in [3.63, 3.8) is 0 Å². The SMILES string of the molecule is CCN1CNN=C1c1ncccn1. The van der Waals surface area contributed by atoms with Crippen molar-refractivity contribution in [1.82, 2.24) is 20.3 Å². The maximum atomic E-state index is 4.14. The van der Waals surface area contributed by atoms with Crippen molar-refractivity contribution in [3.05, 3.63) is 24.3 Å². The highest BCUT2D eigenvalue weighted by Crippen LogP contribution is 2.02. The van der Waals surface area contributed by atoms with E-state index in [1.807, 2.05) is 0 Å². The molecule has 0 atom stereocenters. The summed E-state index contributed by atoms with van der Waals surface area (Å²) in [6, 6.07) is 1.79. The molecule has 1 aliphatic heterocycles. The number of nitrogens with zero attached hydrogens (tertiary/aromatic N) is 4. The van der Waals surface area contributed by atoms with E-state index in [1.165, 1.54) is 0 Å². The highest BCUT2D eigenvalue weighted by Gasteiger charge is 2.18. The first-order chi connectivity index (χ1) is 6.42. The summed E-state index contributed by atoms with van der Waals surface area (Å²) in [4.78, 5) is 10.3. The zero-order valence-electron chi connectivity index (χ0n) is 7.44. The molecule has 68 valence electrons. The fourth-order valence-corrected chi connectivity index (χ4v) is 1.21. The van der Waals surface area contributed by atoms with E-state index in [2.05, 4.69) is 32.3 Å². The summed E-state index contributed by atoms with van der Waals surface area (Å²) in [6.07, 6.45) is 3.44. The topological polar surface area (TPSA) is 53.4 Å². The number of nitrogens with one attached hydrogen (secondary N) is 1. The summed E-state index contributed by atoms with van der Waals surface area (Å²) in [5.74, 6) is 1.50. The Kier molecular flexibility index (Phi) is 2.08. The Labute approximate surface area is 76.5 Å². The molecule has 0 unspecified atom stereocenters. The molecule has 0 aliphatic carbocycles. The predicted octanol–water partition coefficient (Wildman–Crippen LogP) is 0.0208. The molecule has 1 aromatic heterocycles. The minimum atomic E-state index is 0.675. The minimum absolute atomic E-state index is 0.675. The van der Waals surface area contributed by atoms with Gasteiger partial charge in [0.2, 0.25) is 0 Å². The van der Waals surface area contributed by atoms with E-state index in [0.29, 0.717) is 5.82 Å². The van der Waals surface area contributed by atoms with Gasteiger partial charge in [0, 0.05) is 18.9 Å². The second-order valence-electron chi connectivity index (χ2n) is 2.68. The predicted molar refractivity (Wildman–Crippen MR) is 49.0 cm³/mol. The lowest BCUT2D eigenvalue weighted by atomic mass is 10.4. The highest BCUT2D eigenvalue weighted by atomic mass is 15.5. The van der Waals surface area contributed by atoms with Gasteiger partial charge in [0.15, 0.2) is 11.7 Å². The molecule has 1 aliphatic rings. The fourth-order valence-electron chi connectivity index (χ4n) is 1.21. The molecule has 0 amide bonds. The van der Waals surface area contributed by atoms with E-state index in [4.69, 9.17) is 0 Å². The Bertz CT molecular complexity index is 308. The van der Waals surface area contributed by atoms with Gasteiger partial charge in [-0.2, -0.15) is 5.10 Å². The van der Waals surface area contributed by atoms with Crippen molar-refractivity contribution >= 4 is 5.84 Å². The van der Waals surface area contributed by atoms with Crippen molar-refractivity contribution in [1.29, 1.82) is 0 Å². The molecule has 0 saturated heterocycles. The monoisotopic (exact) mass is 177 g/mol. The number of amidine groups is 1. The molecule has 0 radical (unpaired) electrons. The Morgan fingerprint density at radius 3 is 2.92 bits per heavy atom. The lowest BCUT2D eigenvalue weighted by Crippen LogP contribution is -2.30. The van der Waals surface area contributed by atoms with Crippen molar-refractivity contribution in [2.45, 2.75) is 6.92 Å². The standard InChI is InChI=1S/C8H11N5/c1-2-13-6-11-12-8(13)7-9-4-3-5-10-7/h3-5,11H,2,6H2,1H3. The summed E-state index contributed by atoms with van der Waals surface area (Å²) in [5.41, 5.74) is 2.91. The van der Waals surface area contributed by atoms with Gasteiger partial charge in [-0.05, 0) is 13.0 Å². The van der Waals surface area contributed by atoms with Crippen LogP contribution >= 0.6 is 0 Å². The molecule has 0 saturated carbocycles. The van der Waals surface area contributed by atoms with E-state index in [-0.39, 0.29) is 0 Å². The minimum Gasteiger partial charge on any atom is -0.333 e. The maximum Gasteiger partial charge on any atom is 0.197 e. The van der Waals surface area contributed by atoms with E-state index >= 15 is 0 Å². The van der Waals surface area contributed by atoms with Crippen molar-refractivity contribution in [2.75, 3.05) is 13.2 Å². The molecule has 5 heteroatoms. The number of hydrogen-bond acceptors (Lipinski definition) is 5. The summed E-state index contributed by atoms with van der Waals surface area (Å²) < 4.78 is 0. The van der Waals surface area contributed by atoms with Crippen LogP contribution in [0.5, 0.6) is 0 Å². The summed E-state index contributed by atoms with van der Waals surface area (Å²) in [5, 5.41) is 4.13. The zero-order valence-corrected chi connectivity index (χ0v) is 7.44. The molecular weight excluding hydrogens is 166 g/mol. The number of hydrogen-bond donors (Lipinski definition) is 1. The third-order valence-corrected chi connectivity index (χ3v) is 1.89. The molecular formula is C8H11N5. The Balaban J connectivity index is 2.26. The lowest BCUT2D eigenvalue weighted by Gasteiger charge is -2.14. The van der Waals surface area contributed by atoms with Crippen LogP contribution in [0.1, 0.15) is 12.7 Å². The van der Waals surface area contributed by atoms with Gasteiger partial charge in [-0.15, -0.1) is 0 Å². The second-order valence-corrected chi connectivity index (χ2v) is 2.68. The Morgan fingerprint density at radius 1 is 1.46 bits per heavy atom. The molecule has 2 heterocycles. The van der Waals surface area contributed by atoms with Crippen LogP contribution in [-0.2, 0) is 0 Å². The van der Waals surface area contributed by atoms with Gasteiger partial charge in [-0.25, -0.2) is 9.97 Å². The van der Waals surface area contributed by atoms with Gasteiger partial charge < -0.3 is 4.90 Å². The molecule has 2 rings (SSSR count). The first kappa shape index (κ1) is 7.97. The van der Waals surface area contributed by atoms with Crippen LogP contribution in [0, 0.1) is 0 Å². The van der Waals surface area contributed by atoms with Crippen LogP contribution in [-0.4, -0.2) is 33.9 Å². The quantitative estimate of drug-likeness (QED) is 0.692. The van der Waals surface area contributed by atoms with Crippen LogP contribution in [0.3, 0.4) is 0 Å². The Morgan fingerprint density at radius 2 is 2.23 bits per heavy atom. The zero-order chi connectivity index (χ0) is 9.10. The number of rotatable bonds is 2. The second kappa shape index (κ2) is 3.38. The van der Waals surface area contributed by atoms with Gasteiger partial charge in [0.25, 0.3) is 0 Å². The van der Waals surface area contributed by atoms with E-state index < -0.39 is 0 Å². The fraction of sp³-hybridized carbons (Fsp3) is 0.375. The average molecular weight is 177 g/mol. The number of hydrazone groups is 1. The molecule has 1 aromatic rings. The molecule has 1 N–H and O–H groups in total. The van der Waals surface area contributed by atoms with Gasteiger partial charge in [-0.3, -0.25) is 5.43 Å². The average Bonchev–Trinajstić information content (AvgIpc) is 2.67. The molecule has 0 aromatic carbocycles. The molecule has 5 nitrogen and oxygen atoms in total. The van der Waals surface area contributed by atoms with Gasteiger partial charge in [0.1, 0.15) is 6.67 Å². The Hall–Kier alpha value is -1.65. The van der Waals surface area contributed by atoms with E-state index in [1.54, 1.807) is 18.5 Å². The van der Waals surface area contributed by atoms with Crippen molar-refractivity contribution in [3.8, 4) is 0 Å². The van der Waals surface area contributed by atoms with Crippen LogP contribution in [0.4, 0.5) is 0 Å². The van der Waals surface area contributed by atoms with E-state index in [0.717, 1.165) is 19.0 Å². The van der Waals surface area contributed by atoms with Crippen LogP contribution in [0.25, 0.3) is 0 Å². The maximum absolute atomic E-state index is 4.14. The molecule has 0 bridgehead atoms. The van der Waals surface area contributed by atoms with Crippen molar-refractivity contribution in [2.24, 2.45) is 5.10 Å². The number of aromatic nitrogens is 2. The summed E-state index contributed by atoms with van der Waals surface area (Å²) in [6.45, 7) is 3.72. The largest absolute Gasteiger partial charge is 0.333 e. The van der Waals surface area contributed by atoms with Gasteiger partial charge >= 0.3 is 0 Å². The van der Waals surface area contributed by atoms with Crippen LogP contribution in [0.2, 0.25) is 0 Å². The lowest BCUT2D eigenvalue weighted by molar-refractivity contribution is 0.445. The van der Waals surface area contributed by atoms with Crippen molar-refractivity contribution < 1.29 is 0 Å². The summed E-state index contributed by atoms with van der Waals surface area (Å²) >= 11 is 0. The first-order valence-electron chi connectivity index (χ1n) is 4.24. The van der Waals surface area contributed by atoms with Gasteiger partial charge in [-0.1, -0.05) is 0 Å². The van der Waals surface area contributed by atoms with Crippen LogP contribution < -0.4 is 5.43 Å². The first-order valence-corrected chi connectivity index (χ1v) is 4.24. The van der Waals surface area contributed by atoms with E-state index in [9.17, 15) is 0 Å². The third kappa shape index (κ3) is 1.44. The summed E-state index contributed by atoms with van der Waals surface area (Å²) in [7, 11) is 0. The normalized spacial score (nSPS) is 15.5. The third-order valence-electron chi connectivity index (χ3n) is 1.89. The molecule has 13 heavy (non-hydrogen) atoms. The smallest absolute Gasteiger partial charge is 0.197 e. The molecule has 0 spiro atoms. The molecule has 0 fully saturated rings. The van der Waals surface area contributed by atoms with Gasteiger partial charge in [0.05, 0.1) is 0 Å². The van der Waals surface area contributed by atoms with Crippen LogP contribution in [0.15, 0.2) is 23.6 Å². The highest BCUT2D eigenvalue weighted by molar-refractivity contribution is 5.95.